The second kappa shape index (κ2) is 9.51. The van der Waals surface area contributed by atoms with Gasteiger partial charge in [0.1, 0.15) is 0 Å². The molecule has 3 rings (SSSR count). The lowest BCUT2D eigenvalue weighted by atomic mass is 9.95. The molecule has 1 aliphatic rings. The lowest BCUT2D eigenvalue weighted by Crippen LogP contribution is -2.37. The van der Waals surface area contributed by atoms with E-state index in [0.717, 1.165) is 38.0 Å². The fraction of sp³-hybridized carbons (Fsp3) is 0.391. The van der Waals surface area contributed by atoms with Gasteiger partial charge in [-0.15, -0.1) is 0 Å². The summed E-state index contributed by atoms with van der Waals surface area (Å²) in [7, 11) is 0. The quantitative estimate of drug-likeness (QED) is 0.769. The summed E-state index contributed by atoms with van der Waals surface area (Å²) >= 11 is 0. The highest BCUT2D eigenvalue weighted by atomic mass is 16.5. The van der Waals surface area contributed by atoms with Crippen molar-refractivity contribution in [2.24, 2.45) is 5.92 Å². The van der Waals surface area contributed by atoms with Crippen molar-refractivity contribution in [1.29, 1.82) is 0 Å². The summed E-state index contributed by atoms with van der Waals surface area (Å²) in [6.45, 7) is 6.70. The second-order valence-corrected chi connectivity index (χ2v) is 7.22. The number of nitrogens with zero attached hydrogens (tertiary/aromatic N) is 1. The first-order chi connectivity index (χ1) is 13.6. The van der Waals surface area contributed by atoms with E-state index in [4.69, 9.17) is 4.74 Å². The van der Waals surface area contributed by atoms with Gasteiger partial charge in [0.25, 0.3) is 0 Å². The number of esters is 1. The summed E-state index contributed by atoms with van der Waals surface area (Å²) in [5.74, 6) is -0.327. The molecule has 1 aliphatic heterocycles. The van der Waals surface area contributed by atoms with E-state index in [9.17, 15) is 9.59 Å². The summed E-state index contributed by atoms with van der Waals surface area (Å²) in [5.41, 5.74) is 3.23. The van der Waals surface area contributed by atoms with Crippen molar-refractivity contribution in [3.63, 3.8) is 0 Å². The van der Waals surface area contributed by atoms with Gasteiger partial charge in [0.05, 0.1) is 12.2 Å². The van der Waals surface area contributed by atoms with Crippen molar-refractivity contribution >= 4 is 17.6 Å². The maximum absolute atomic E-state index is 12.7. The number of nitrogens with one attached hydrogen (secondary N) is 1. The van der Waals surface area contributed by atoms with Crippen LogP contribution in [0.2, 0.25) is 0 Å². The molecule has 2 aromatic carbocycles. The van der Waals surface area contributed by atoms with Crippen LogP contribution in [0.15, 0.2) is 48.5 Å². The summed E-state index contributed by atoms with van der Waals surface area (Å²) in [5, 5.41) is 3.02. The molecule has 0 spiro atoms. The normalized spacial score (nSPS) is 15.2. The Kier molecular flexibility index (Phi) is 6.82. The molecule has 0 aromatic heterocycles. The molecule has 0 atom stereocenters. The zero-order valence-electron chi connectivity index (χ0n) is 16.6. The minimum atomic E-state index is -0.356. The number of piperidine rings is 1. The molecule has 0 radical (unpaired) electrons. The summed E-state index contributed by atoms with van der Waals surface area (Å²) in [6.07, 6.45) is 1.69. The van der Waals surface area contributed by atoms with Crippen LogP contribution in [-0.4, -0.2) is 36.5 Å². The van der Waals surface area contributed by atoms with Gasteiger partial charge in [-0.25, -0.2) is 4.79 Å². The van der Waals surface area contributed by atoms with Gasteiger partial charge in [0.15, 0.2) is 0 Å². The molecule has 0 aliphatic carbocycles. The lowest BCUT2D eigenvalue weighted by molar-refractivity contribution is -0.121. The molecule has 0 saturated carbocycles. The Labute approximate surface area is 166 Å². The molecular formula is C23H28N2O3. The van der Waals surface area contributed by atoms with Crippen molar-refractivity contribution in [3.05, 3.63) is 65.2 Å². The Morgan fingerprint density at radius 1 is 1.07 bits per heavy atom. The molecule has 1 fully saturated rings. The van der Waals surface area contributed by atoms with Crippen molar-refractivity contribution in [2.45, 2.75) is 33.2 Å². The maximum atomic E-state index is 12.7. The molecule has 148 valence electrons. The number of ether oxygens (including phenoxy) is 1. The highest BCUT2D eigenvalue weighted by Crippen LogP contribution is 2.24. The van der Waals surface area contributed by atoms with Gasteiger partial charge in [-0.2, -0.15) is 0 Å². The van der Waals surface area contributed by atoms with Gasteiger partial charge in [-0.05, 0) is 63.0 Å². The standard InChI is InChI=1S/C23H28N2O3/c1-3-28-23(27)20-10-7-11-21(17(20)2)24-22(26)19-12-14-25(15-13-19)16-18-8-5-4-6-9-18/h4-11,19H,3,12-16H2,1-2H3,(H,24,26). The van der Waals surface area contributed by atoms with Crippen LogP contribution in [0.5, 0.6) is 0 Å². The largest absolute Gasteiger partial charge is 0.462 e. The number of hydrogen-bond acceptors (Lipinski definition) is 4. The van der Waals surface area contributed by atoms with Crippen molar-refractivity contribution < 1.29 is 14.3 Å². The molecule has 0 bridgehead atoms. The molecule has 5 heteroatoms. The Morgan fingerprint density at radius 3 is 2.46 bits per heavy atom. The highest BCUT2D eigenvalue weighted by Gasteiger charge is 2.25. The van der Waals surface area contributed by atoms with Gasteiger partial charge >= 0.3 is 5.97 Å². The SMILES string of the molecule is CCOC(=O)c1cccc(NC(=O)C2CCN(Cc3ccccc3)CC2)c1C. The number of rotatable bonds is 6. The number of likely N-dealkylation sites (tertiary alicyclic amines) is 1. The first kappa shape index (κ1) is 20.1. The Bertz CT molecular complexity index is 812. The summed E-state index contributed by atoms with van der Waals surface area (Å²) in [4.78, 5) is 27.2. The predicted molar refractivity (Wildman–Crippen MR) is 110 cm³/mol. The van der Waals surface area contributed by atoms with Crippen LogP contribution in [0.25, 0.3) is 0 Å². The Balaban J connectivity index is 1.56. The van der Waals surface area contributed by atoms with Gasteiger partial charge in [-0.1, -0.05) is 36.4 Å². The van der Waals surface area contributed by atoms with Crippen LogP contribution in [0.4, 0.5) is 5.69 Å². The monoisotopic (exact) mass is 380 g/mol. The number of benzene rings is 2. The molecule has 5 nitrogen and oxygen atoms in total. The maximum Gasteiger partial charge on any atom is 0.338 e. The molecule has 1 amide bonds. The molecular weight excluding hydrogens is 352 g/mol. The van der Waals surface area contributed by atoms with E-state index in [1.54, 1.807) is 19.1 Å². The van der Waals surface area contributed by atoms with Gasteiger partial charge in [0, 0.05) is 18.2 Å². The van der Waals surface area contributed by atoms with E-state index in [1.165, 1.54) is 5.56 Å². The zero-order valence-corrected chi connectivity index (χ0v) is 16.6. The molecule has 0 unspecified atom stereocenters. The van der Waals surface area contributed by atoms with Crippen LogP contribution in [0.1, 0.15) is 41.3 Å². The van der Waals surface area contributed by atoms with Crippen LogP contribution in [-0.2, 0) is 16.1 Å². The minimum absolute atomic E-state index is 0.00215. The van der Waals surface area contributed by atoms with E-state index in [2.05, 4.69) is 34.5 Å². The van der Waals surface area contributed by atoms with Crippen LogP contribution < -0.4 is 5.32 Å². The predicted octanol–water partition coefficient (Wildman–Crippen LogP) is 4.02. The van der Waals surface area contributed by atoms with Crippen molar-refractivity contribution in [1.82, 2.24) is 4.90 Å². The first-order valence-electron chi connectivity index (χ1n) is 9.92. The van der Waals surface area contributed by atoms with Gasteiger partial charge in [0.2, 0.25) is 5.91 Å². The second-order valence-electron chi connectivity index (χ2n) is 7.22. The molecule has 1 N–H and O–H groups in total. The van der Waals surface area contributed by atoms with E-state index in [0.29, 0.717) is 17.9 Å². The Morgan fingerprint density at radius 2 is 1.79 bits per heavy atom. The Hall–Kier alpha value is -2.66. The number of amides is 1. The van der Waals surface area contributed by atoms with Crippen molar-refractivity contribution in [2.75, 3.05) is 25.0 Å². The fourth-order valence-electron chi connectivity index (χ4n) is 3.63. The third-order valence-corrected chi connectivity index (χ3v) is 5.29. The van der Waals surface area contributed by atoms with Crippen LogP contribution in [0, 0.1) is 12.8 Å². The molecule has 1 saturated heterocycles. The number of anilines is 1. The van der Waals surface area contributed by atoms with Gasteiger partial charge < -0.3 is 10.1 Å². The average molecular weight is 380 g/mol. The average Bonchev–Trinajstić information content (AvgIpc) is 2.71. The molecule has 2 aromatic rings. The van der Waals surface area contributed by atoms with E-state index >= 15 is 0 Å². The van der Waals surface area contributed by atoms with E-state index in [1.807, 2.05) is 19.1 Å². The van der Waals surface area contributed by atoms with Crippen molar-refractivity contribution in [3.8, 4) is 0 Å². The third kappa shape index (κ3) is 4.98. The van der Waals surface area contributed by atoms with E-state index < -0.39 is 0 Å². The smallest absolute Gasteiger partial charge is 0.338 e. The fourth-order valence-corrected chi connectivity index (χ4v) is 3.63. The summed E-state index contributed by atoms with van der Waals surface area (Å²) in [6, 6.07) is 15.8. The minimum Gasteiger partial charge on any atom is -0.462 e. The highest BCUT2D eigenvalue weighted by molar-refractivity contribution is 5.97. The topological polar surface area (TPSA) is 58.6 Å². The van der Waals surface area contributed by atoms with Gasteiger partial charge in [-0.3, -0.25) is 9.69 Å². The first-order valence-corrected chi connectivity index (χ1v) is 9.92. The zero-order chi connectivity index (χ0) is 19.9. The number of carbonyl (C=O) groups excluding carboxylic acids is 2. The van der Waals surface area contributed by atoms with Crippen LogP contribution in [0.3, 0.4) is 0 Å². The molecule has 1 heterocycles. The number of carbonyl (C=O) groups is 2. The van der Waals surface area contributed by atoms with Crippen LogP contribution >= 0.6 is 0 Å². The number of hydrogen-bond donors (Lipinski definition) is 1. The lowest BCUT2D eigenvalue weighted by Gasteiger charge is -2.31. The third-order valence-electron chi connectivity index (χ3n) is 5.29. The molecule has 28 heavy (non-hydrogen) atoms. The summed E-state index contributed by atoms with van der Waals surface area (Å²) < 4.78 is 5.09. The van der Waals surface area contributed by atoms with E-state index in [-0.39, 0.29) is 17.8 Å².